The first kappa shape index (κ1) is 10.1. The Labute approximate surface area is 77.3 Å². The molecule has 1 fully saturated rings. The molecule has 13 heavy (non-hydrogen) atoms. The van der Waals surface area contributed by atoms with E-state index < -0.39 is 5.97 Å². The van der Waals surface area contributed by atoms with E-state index in [1.165, 1.54) is 6.20 Å². The zero-order valence-electron chi connectivity index (χ0n) is 7.44. The van der Waals surface area contributed by atoms with E-state index in [-0.39, 0.29) is 12.1 Å². The van der Waals surface area contributed by atoms with E-state index in [0.29, 0.717) is 0 Å². The summed E-state index contributed by atoms with van der Waals surface area (Å²) in [5.41, 5.74) is 0. The third-order valence-corrected chi connectivity index (χ3v) is 2.27. The molecule has 0 bridgehead atoms. The van der Waals surface area contributed by atoms with Crippen LogP contribution in [0.5, 0.6) is 0 Å². The molecule has 1 saturated carbocycles. The lowest BCUT2D eigenvalue weighted by atomic mass is 9.93. The Bertz CT molecular complexity index is 203. The fourth-order valence-corrected chi connectivity index (χ4v) is 1.55. The molecule has 0 heterocycles. The normalized spacial score (nSPS) is 29.0. The summed E-state index contributed by atoms with van der Waals surface area (Å²) in [6, 6.07) is 0.0179. The van der Waals surface area contributed by atoms with Crippen LogP contribution in [-0.4, -0.2) is 28.3 Å². The summed E-state index contributed by atoms with van der Waals surface area (Å²) >= 11 is 0. The predicted molar refractivity (Wildman–Crippen MR) is 48.2 cm³/mol. The van der Waals surface area contributed by atoms with Gasteiger partial charge in [-0.15, -0.1) is 0 Å². The maximum Gasteiger partial charge on any atom is 0.329 e. The zero-order valence-corrected chi connectivity index (χ0v) is 7.44. The number of carboxylic acids is 1. The van der Waals surface area contributed by atoms with Crippen molar-refractivity contribution in [2.24, 2.45) is 0 Å². The molecule has 0 radical (unpaired) electrons. The number of carboxylic acid groups (broad SMARTS) is 1. The molecule has 4 nitrogen and oxygen atoms in total. The summed E-state index contributed by atoms with van der Waals surface area (Å²) in [6.45, 7) is 0. The van der Waals surface area contributed by atoms with E-state index in [2.05, 4.69) is 5.32 Å². The second kappa shape index (κ2) is 4.87. The van der Waals surface area contributed by atoms with Crippen molar-refractivity contribution in [3.8, 4) is 0 Å². The highest BCUT2D eigenvalue weighted by molar-refractivity contribution is 5.79. The molecule has 1 aliphatic carbocycles. The van der Waals surface area contributed by atoms with Crippen molar-refractivity contribution in [1.29, 1.82) is 0 Å². The van der Waals surface area contributed by atoms with Crippen molar-refractivity contribution >= 4 is 5.97 Å². The van der Waals surface area contributed by atoms with Crippen LogP contribution in [0.25, 0.3) is 0 Å². The van der Waals surface area contributed by atoms with Crippen LogP contribution < -0.4 is 5.32 Å². The van der Waals surface area contributed by atoms with Gasteiger partial charge >= 0.3 is 5.97 Å². The van der Waals surface area contributed by atoms with Gasteiger partial charge in [0.25, 0.3) is 0 Å². The highest BCUT2D eigenvalue weighted by atomic mass is 16.4. The Morgan fingerprint density at radius 3 is 2.69 bits per heavy atom. The lowest BCUT2D eigenvalue weighted by Crippen LogP contribution is -2.39. The molecule has 2 unspecified atom stereocenters. The largest absolute Gasteiger partial charge is 0.478 e. The van der Waals surface area contributed by atoms with Gasteiger partial charge in [-0.2, -0.15) is 0 Å². The van der Waals surface area contributed by atoms with Crippen LogP contribution in [0, 0.1) is 0 Å². The van der Waals surface area contributed by atoms with Gasteiger partial charge in [0.2, 0.25) is 0 Å². The Morgan fingerprint density at radius 1 is 1.38 bits per heavy atom. The van der Waals surface area contributed by atoms with E-state index in [1.54, 1.807) is 0 Å². The van der Waals surface area contributed by atoms with Crippen LogP contribution in [0.1, 0.15) is 25.7 Å². The Morgan fingerprint density at radius 2 is 2.08 bits per heavy atom. The van der Waals surface area contributed by atoms with Crippen molar-refractivity contribution < 1.29 is 15.0 Å². The first-order chi connectivity index (χ1) is 6.20. The van der Waals surface area contributed by atoms with Gasteiger partial charge in [-0.1, -0.05) is 12.8 Å². The molecule has 0 aliphatic heterocycles. The minimum absolute atomic E-state index is 0.0179. The Balaban J connectivity index is 2.30. The molecular weight excluding hydrogens is 170 g/mol. The van der Waals surface area contributed by atoms with Crippen LogP contribution in [0.4, 0.5) is 0 Å². The molecule has 1 rings (SSSR count). The van der Waals surface area contributed by atoms with Crippen molar-refractivity contribution in [1.82, 2.24) is 5.32 Å². The van der Waals surface area contributed by atoms with Gasteiger partial charge < -0.3 is 15.5 Å². The highest BCUT2D eigenvalue weighted by Gasteiger charge is 2.21. The maximum absolute atomic E-state index is 10.1. The quantitative estimate of drug-likeness (QED) is 0.559. The van der Waals surface area contributed by atoms with Gasteiger partial charge in [0, 0.05) is 12.3 Å². The molecule has 0 saturated heterocycles. The number of hydrogen-bond donors (Lipinski definition) is 3. The van der Waals surface area contributed by atoms with Crippen molar-refractivity contribution in [3.05, 3.63) is 12.3 Å². The second-order valence-corrected chi connectivity index (χ2v) is 3.30. The number of carbonyl (C=O) groups is 1. The number of aliphatic hydroxyl groups is 1. The molecule has 3 N–H and O–H groups in total. The lowest BCUT2D eigenvalue weighted by molar-refractivity contribution is -0.131. The van der Waals surface area contributed by atoms with E-state index in [9.17, 15) is 9.90 Å². The summed E-state index contributed by atoms with van der Waals surface area (Å²) in [5, 5.41) is 20.7. The molecule has 1 aliphatic rings. The van der Waals surface area contributed by atoms with E-state index >= 15 is 0 Å². The summed E-state index contributed by atoms with van der Waals surface area (Å²) in [5.74, 6) is -0.974. The lowest BCUT2D eigenvalue weighted by Gasteiger charge is -2.27. The second-order valence-electron chi connectivity index (χ2n) is 3.30. The third-order valence-electron chi connectivity index (χ3n) is 2.27. The molecule has 74 valence electrons. The standard InChI is InChI=1S/C9H15NO3/c11-8-4-2-1-3-7(8)10-6-5-9(12)13/h5-8,10-11H,1-4H2,(H,12,13)/b6-5+. The number of aliphatic carboxylic acids is 1. The number of aliphatic hydroxyl groups excluding tert-OH is 1. The molecule has 0 aromatic rings. The number of hydrogen-bond acceptors (Lipinski definition) is 3. The first-order valence-corrected chi connectivity index (χ1v) is 4.54. The topological polar surface area (TPSA) is 69.6 Å². The third kappa shape index (κ3) is 3.46. The molecule has 0 aromatic heterocycles. The molecule has 4 heteroatoms. The Hall–Kier alpha value is -1.03. The van der Waals surface area contributed by atoms with E-state index in [1.807, 2.05) is 0 Å². The average molecular weight is 185 g/mol. The van der Waals surface area contributed by atoms with Gasteiger partial charge in [0.05, 0.1) is 12.1 Å². The minimum atomic E-state index is -0.974. The van der Waals surface area contributed by atoms with Gasteiger partial charge in [-0.3, -0.25) is 0 Å². The van der Waals surface area contributed by atoms with Gasteiger partial charge in [-0.25, -0.2) is 4.79 Å². The summed E-state index contributed by atoms with van der Waals surface area (Å²) in [7, 11) is 0. The molecular formula is C9H15NO3. The molecule has 2 atom stereocenters. The average Bonchev–Trinajstić information content (AvgIpc) is 2.08. The Kier molecular flexibility index (Phi) is 3.76. The predicted octanol–water partition coefficient (Wildman–Crippen LogP) is 0.478. The van der Waals surface area contributed by atoms with Gasteiger partial charge in [0.1, 0.15) is 0 Å². The molecule has 0 spiro atoms. The van der Waals surface area contributed by atoms with Crippen LogP contribution in [0.15, 0.2) is 12.3 Å². The van der Waals surface area contributed by atoms with Crippen molar-refractivity contribution in [2.45, 2.75) is 37.8 Å². The number of nitrogens with one attached hydrogen (secondary N) is 1. The van der Waals surface area contributed by atoms with E-state index in [0.717, 1.165) is 31.8 Å². The summed E-state index contributed by atoms with van der Waals surface area (Å²) in [6.07, 6.45) is 5.96. The highest BCUT2D eigenvalue weighted by Crippen LogP contribution is 2.17. The van der Waals surface area contributed by atoms with Crippen LogP contribution in [0.2, 0.25) is 0 Å². The van der Waals surface area contributed by atoms with Gasteiger partial charge in [0.15, 0.2) is 0 Å². The van der Waals surface area contributed by atoms with Crippen LogP contribution in [-0.2, 0) is 4.79 Å². The van der Waals surface area contributed by atoms with Crippen LogP contribution in [0.3, 0.4) is 0 Å². The van der Waals surface area contributed by atoms with E-state index in [4.69, 9.17) is 5.11 Å². The van der Waals surface area contributed by atoms with Gasteiger partial charge in [-0.05, 0) is 12.8 Å². The maximum atomic E-state index is 10.1. The van der Waals surface area contributed by atoms with Crippen molar-refractivity contribution in [2.75, 3.05) is 0 Å². The molecule has 0 aromatic carbocycles. The summed E-state index contributed by atoms with van der Waals surface area (Å²) in [4.78, 5) is 10.1. The fraction of sp³-hybridized carbons (Fsp3) is 0.667. The zero-order chi connectivity index (χ0) is 9.68. The smallest absolute Gasteiger partial charge is 0.329 e. The van der Waals surface area contributed by atoms with Crippen molar-refractivity contribution in [3.63, 3.8) is 0 Å². The number of rotatable bonds is 3. The first-order valence-electron chi connectivity index (χ1n) is 4.54. The SMILES string of the molecule is O=C(O)/C=C/NC1CCCCC1O. The molecule has 0 amide bonds. The van der Waals surface area contributed by atoms with Crippen LogP contribution >= 0.6 is 0 Å². The monoisotopic (exact) mass is 185 g/mol. The fourth-order valence-electron chi connectivity index (χ4n) is 1.55. The minimum Gasteiger partial charge on any atom is -0.478 e. The summed E-state index contributed by atoms with van der Waals surface area (Å²) < 4.78 is 0.